The minimum atomic E-state index is -0.366. The van der Waals surface area contributed by atoms with Gasteiger partial charge in [0.05, 0.1) is 12.3 Å². The van der Waals surface area contributed by atoms with Crippen molar-refractivity contribution in [3.63, 3.8) is 0 Å². The van der Waals surface area contributed by atoms with Crippen LogP contribution in [-0.4, -0.2) is 49.9 Å². The molecule has 1 saturated heterocycles. The van der Waals surface area contributed by atoms with Gasteiger partial charge in [-0.25, -0.2) is 4.79 Å². The van der Waals surface area contributed by atoms with E-state index in [9.17, 15) is 4.79 Å². The number of nitrogens with zero attached hydrogens (tertiary/aromatic N) is 2. The first-order chi connectivity index (χ1) is 7.22. The molecule has 0 aromatic carbocycles. The molecule has 0 radical (unpaired) electrons. The van der Waals surface area contributed by atoms with Gasteiger partial charge in [0.1, 0.15) is 0 Å². The second kappa shape index (κ2) is 6.40. The maximum Gasteiger partial charge on any atom is 0.347 e. The lowest BCUT2D eigenvalue weighted by Gasteiger charge is -2.22. The molecule has 0 spiro atoms. The third-order valence-corrected chi connectivity index (χ3v) is 2.25. The van der Waals surface area contributed by atoms with Gasteiger partial charge in [-0.2, -0.15) is 0 Å². The van der Waals surface area contributed by atoms with Crippen molar-refractivity contribution in [2.45, 2.75) is 19.8 Å². The Balaban J connectivity index is 2.17. The molecular formula is C10H18N2O3. The first-order valence-electron chi connectivity index (χ1n) is 5.24. The van der Waals surface area contributed by atoms with Crippen LogP contribution in [-0.2, 0) is 14.4 Å². The highest BCUT2D eigenvalue weighted by Gasteiger charge is 2.11. The number of piperidine rings is 1. The van der Waals surface area contributed by atoms with Gasteiger partial charge in [-0.05, 0) is 14.0 Å². The Hall–Kier alpha value is -1.10. The van der Waals surface area contributed by atoms with Gasteiger partial charge in [0, 0.05) is 25.9 Å². The van der Waals surface area contributed by atoms with Gasteiger partial charge in [0.2, 0.25) is 6.61 Å². The van der Waals surface area contributed by atoms with Crippen LogP contribution in [0.15, 0.2) is 5.16 Å². The second-order valence-electron chi connectivity index (χ2n) is 3.54. The fourth-order valence-electron chi connectivity index (χ4n) is 1.35. The largest absolute Gasteiger partial charge is 0.463 e. The van der Waals surface area contributed by atoms with Crippen molar-refractivity contribution in [2.75, 3.05) is 33.4 Å². The summed E-state index contributed by atoms with van der Waals surface area (Å²) in [6.07, 6.45) is 1.83. The van der Waals surface area contributed by atoms with E-state index in [0.29, 0.717) is 6.61 Å². The summed E-state index contributed by atoms with van der Waals surface area (Å²) >= 11 is 0. The molecule has 5 nitrogen and oxygen atoms in total. The van der Waals surface area contributed by atoms with Gasteiger partial charge in [-0.1, -0.05) is 5.16 Å². The van der Waals surface area contributed by atoms with E-state index in [4.69, 9.17) is 9.57 Å². The summed E-state index contributed by atoms with van der Waals surface area (Å²) in [5.74, 6) is -0.366. The van der Waals surface area contributed by atoms with Crippen LogP contribution in [0.5, 0.6) is 0 Å². The van der Waals surface area contributed by atoms with Crippen LogP contribution in [0.3, 0.4) is 0 Å². The molecule has 15 heavy (non-hydrogen) atoms. The van der Waals surface area contributed by atoms with Gasteiger partial charge in [0.15, 0.2) is 0 Å². The molecule has 0 atom stereocenters. The summed E-state index contributed by atoms with van der Waals surface area (Å²) in [5.41, 5.74) is 1.03. The molecule has 0 bridgehead atoms. The predicted octanol–water partition coefficient (Wildman–Crippen LogP) is 0.648. The summed E-state index contributed by atoms with van der Waals surface area (Å²) < 4.78 is 4.71. The van der Waals surface area contributed by atoms with E-state index >= 15 is 0 Å². The Bertz CT molecular complexity index is 231. The van der Waals surface area contributed by atoms with Crippen molar-refractivity contribution >= 4 is 11.7 Å². The number of esters is 1. The maximum absolute atomic E-state index is 10.9. The summed E-state index contributed by atoms with van der Waals surface area (Å²) in [5, 5.41) is 3.93. The standard InChI is InChI=1S/C10H18N2O3/c1-3-14-10(13)8-15-11-9-4-6-12(2)7-5-9/h3-8H2,1-2H3. The van der Waals surface area contributed by atoms with Crippen LogP contribution in [0.25, 0.3) is 0 Å². The molecule has 1 fully saturated rings. The highest BCUT2D eigenvalue weighted by molar-refractivity contribution is 5.85. The van der Waals surface area contributed by atoms with Crippen LogP contribution >= 0.6 is 0 Å². The smallest absolute Gasteiger partial charge is 0.347 e. The monoisotopic (exact) mass is 214 g/mol. The molecule has 1 heterocycles. The number of hydrogen-bond donors (Lipinski definition) is 0. The van der Waals surface area contributed by atoms with E-state index in [1.165, 1.54) is 0 Å². The fourth-order valence-corrected chi connectivity index (χ4v) is 1.35. The van der Waals surface area contributed by atoms with E-state index in [1.54, 1.807) is 6.92 Å². The molecular weight excluding hydrogens is 196 g/mol. The first-order valence-corrected chi connectivity index (χ1v) is 5.24. The predicted molar refractivity (Wildman–Crippen MR) is 56.8 cm³/mol. The summed E-state index contributed by atoms with van der Waals surface area (Å²) in [7, 11) is 2.08. The third kappa shape index (κ3) is 4.78. The zero-order valence-corrected chi connectivity index (χ0v) is 9.36. The van der Waals surface area contributed by atoms with Gasteiger partial charge in [-0.3, -0.25) is 0 Å². The molecule has 0 amide bonds. The first kappa shape index (κ1) is 12.0. The Kier molecular flexibility index (Phi) is 5.10. The van der Waals surface area contributed by atoms with Crippen molar-refractivity contribution in [3.8, 4) is 0 Å². The van der Waals surface area contributed by atoms with E-state index in [0.717, 1.165) is 31.6 Å². The minimum absolute atomic E-state index is 0.0901. The quantitative estimate of drug-likeness (QED) is 0.509. The molecule has 1 aliphatic rings. The third-order valence-electron chi connectivity index (χ3n) is 2.25. The van der Waals surface area contributed by atoms with Gasteiger partial charge in [0.25, 0.3) is 0 Å². The molecule has 0 aromatic heterocycles. The summed E-state index contributed by atoms with van der Waals surface area (Å²) in [4.78, 5) is 18.1. The number of carbonyl (C=O) groups is 1. The van der Waals surface area contributed by atoms with Crippen molar-refractivity contribution in [1.82, 2.24) is 4.90 Å². The second-order valence-corrected chi connectivity index (χ2v) is 3.54. The number of rotatable bonds is 4. The van der Waals surface area contributed by atoms with Crippen molar-refractivity contribution in [2.24, 2.45) is 5.16 Å². The van der Waals surface area contributed by atoms with Crippen LogP contribution in [0, 0.1) is 0 Å². The summed E-state index contributed by atoms with van der Waals surface area (Å²) in [6, 6.07) is 0. The molecule has 5 heteroatoms. The molecule has 0 aliphatic carbocycles. The van der Waals surface area contributed by atoms with E-state index < -0.39 is 0 Å². The average molecular weight is 214 g/mol. The maximum atomic E-state index is 10.9. The molecule has 0 aromatic rings. The molecule has 0 unspecified atom stereocenters. The molecule has 1 aliphatic heterocycles. The minimum Gasteiger partial charge on any atom is -0.463 e. The zero-order valence-electron chi connectivity index (χ0n) is 9.36. The average Bonchev–Trinajstić information content (AvgIpc) is 2.21. The highest BCUT2D eigenvalue weighted by Crippen LogP contribution is 2.05. The summed E-state index contributed by atoms with van der Waals surface area (Å²) in [6.45, 7) is 4.06. The van der Waals surface area contributed by atoms with Crippen molar-refractivity contribution < 1.29 is 14.4 Å². The van der Waals surface area contributed by atoms with E-state index in [1.807, 2.05) is 0 Å². The van der Waals surface area contributed by atoms with Crippen LogP contribution in [0.1, 0.15) is 19.8 Å². The highest BCUT2D eigenvalue weighted by atomic mass is 16.7. The van der Waals surface area contributed by atoms with Gasteiger partial charge >= 0.3 is 5.97 Å². The van der Waals surface area contributed by atoms with Crippen molar-refractivity contribution in [1.29, 1.82) is 0 Å². The van der Waals surface area contributed by atoms with Gasteiger partial charge < -0.3 is 14.5 Å². The Labute approximate surface area is 90.0 Å². The number of oxime groups is 1. The fraction of sp³-hybridized carbons (Fsp3) is 0.800. The number of hydrogen-bond acceptors (Lipinski definition) is 5. The van der Waals surface area contributed by atoms with E-state index in [2.05, 4.69) is 17.1 Å². The SMILES string of the molecule is CCOC(=O)CON=C1CCN(C)CC1. The Morgan fingerprint density at radius 2 is 2.13 bits per heavy atom. The van der Waals surface area contributed by atoms with Crippen LogP contribution in [0.2, 0.25) is 0 Å². The lowest BCUT2D eigenvalue weighted by Crippen LogP contribution is -2.30. The topological polar surface area (TPSA) is 51.1 Å². The van der Waals surface area contributed by atoms with Gasteiger partial charge in [-0.15, -0.1) is 0 Å². The zero-order chi connectivity index (χ0) is 11.1. The van der Waals surface area contributed by atoms with Crippen molar-refractivity contribution in [3.05, 3.63) is 0 Å². The lowest BCUT2D eigenvalue weighted by molar-refractivity contribution is -0.148. The normalized spacial score (nSPS) is 17.3. The Morgan fingerprint density at radius 3 is 2.73 bits per heavy atom. The van der Waals surface area contributed by atoms with Crippen LogP contribution in [0.4, 0.5) is 0 Å². The van der Waals surface area contributed by atoms with Crippen LogP contribution < -0.4 is 0 Å². The lowest BCUT2D eigenvalue weighted by atomic mass is 10.1. The molecule has 0 saturated carbocycles. The molecule has 0 N–H and O–H groups in total. The number of carbonyl (C=O) groups excluding carboxylic acids is 1. The molecule has 86 valence electrons. The Morgan fingerprint density at radius 1 is 1.47 bits per heavy atom. The number of ether oxygens (including phenoxy) is 1. The van der Waals surface area contributed by atoms with E-state index in [-0.39, 0.29) is 12.6 Å². The molecule has 1 rings (SSSR count). The number of likely N-dealkylation sites (tertiary alicyclic amines) is 1.